The second-order valence-electron chi connectivity index (χ2n) is 4.80. The molecule has 1 aliphatic carbocycles. The summed E-state index contributed by atoms with van der Waals surface area (Å²) in [5, 5.41) is 0.460. The van der Waals surface area contributed by atoms with Gasteiger partial charge in [0.1, 0.15) is 5.15 Å². The summed E-state index contributed by atoms with van der Waals surface area (Å²) in [6.45, 7) is 6.51. The maximum atomic E-state index is 5.72. The van der Waals surface area contributed by atoms with E-state index in [0.717, 1.165) is 18.2 Å². The molecule has 0 radical (unpaired) electrons. The average molecular weight is 240 g/mol. The topological polar surface area (TPSA) is 29.0 Å². The van der Waals surface area contributed by atoms with Gasteiger partial charge in [0.2, 0.25) is 0 Å². The van der Waals surface area contributed by atoms with E-state index < -0.39 is 0 Å². The van der Waals surface area contributed by atoms with Crippen LogP contribution < -0.4 is 0 Å². The monoisotopic (exact) mass is 239 g/mol. The quantitative estimate of drug-likeness (QED) is 0.791. The molecule has 0 bridgehead atoms. The number of aromatic nitrogens is 2. The molecule has 16 heavy (non-hydrogen) atoms. The molecule has 0 N–H and O–H groups in total. The summed E-state index contributed by atoms with van der Waals surface area (Å²) in [4.78, 5) is 10.8. The Kier molecular flexibility index (Phi) is 3.77. The summed E-state index contributed by atoms with van der Waals surface area (Å²) >= 11 is 5.72. The smallest absolute Gasteiger partial charge is 0.147 e. The molecule has 1 aromatic rings. The maximum Gasteiger partial charge on any atom is 0.147 e. The molecular weight excluding hydrogens is 222 g/mol. The minimum absolute atomic E-state index is 0.460. The van der Waals surface area contributed by atoms with E-state index in [1.54, 1.807) is 12.4 Å². The van der Waals surface area contributed by atoms with Crippen LogP contribution in [0, 0.1) is 5.92 Å². The second kappa shape index (κ2) is 5.11. The molecule has 0 amide bonds. The van der Waals surface area contributed by atoms with Crippen molar-refractivity contribution in [1.29, 1.82) is 0 Å². The van der Waals surface area contributed by atoms with Gasteiger partial charge in [0.15, 0.2) is 0 Å². The Morgan fingerprint density at radius 2 is 2.12 bits per heavy atom. The minimum Gasteiger partial charge on any atom is -0.295 e. The molecule has 0 unspecified atom stereocenters. The highest BCUT2D eigenvalue weighted by Crippen LogP contribution is 2.30. The first-order chi connectivity index (χ1) is 7.65. The molecule has 88 valence electrons. The Hall–Kier alpha value is -0.670. The van der Waals surface area contributed by atoms with Crippen molar-refractivity contribution < 1.29 is 0 Å². The van der Waals surface area contributed by atoms with E-state index in [1.807, 2.05) is 0 Å². The van der Waals surface area contributed by atoms with Gasteiger partial charge in [-0.15, -0.1) is 0 Å². The predicted octanol–water partition coefficient (Wildman–Crippen LogP) is 2.75. The fourth-order valence-electron chi connectivity index (χ4n) is 1.72. The lowest BCUT2D eigenvalue weighted by Crippen LogP contribution is -2.32. The van der Waals surface area contributed by atoms with Gasteiger partial charge in [-0.1, -0.05) is 11.6 Å². The van der Waals surface area contributed by atoms with E-state index in [1.165, 1.54) is 19.4 Å². The minimum atomic E-state index is 0.460. The van der Waals surface area contributed by atoms with Crippen LogP contribution in [0.5, 0.6) is 0 Å². The summed E-state index contributed by atoms with van der Waals surface area (Å²) in [6, 6.07) is 0.554. The van der Waals surface area contributed by atoms with Gasteiger partial charge >= 0.3 is 0 Å². The van der Waals surface area contributed by atoms with E-state index in [0.29, 0.717) is 11.2 Å². The van der Waals surface area contributed by atoms with Gasteiger partial charge in [0.25, 0.3) is 0 Å². The Morgan fingerprint density at radius 1 is 1.38 bits per heavy atom. The lowest BCUT2D eigenvalue weighted by atomic mass is 10.2. The largest absolute Gasteiger partial charge is 0.295 e. The second-order valence-corrected chi connectivity index (χ2v) is 5.18. The Labute approximate surface area is 102 Å². The highest BCUT2D eigenvalue weighted by Gasteiger charge is 2.25. The van der Waals surface area contributed by atoms with Gasteiger partial charge in [0, 0.05) is 19.1 Å². The van der Waals surface area contributed by atoms with Crippen molar-refractivity contribution in [3.63, 3.8) is 0 Å². The molecule has 2 rings (SSSR count). The molecule has 1 aliphatic rings. The van der Waals surface area contributed by atoms with E-state index in [-0.39, 0.29) is 0 Å². The van der Waals surface area contributed by atoms with Crippen molar-refractivity contribution in [3.05, 3.63) is 23.2 Å². The van der Waals surface area contributed by atoms with Crippen LogP contribution in [0.15, 0.2) is 12.4 Å². The first-order valence-corrected chi connectivity index (χ1v) is 6.23. The SMILES string of the molecule is CC(C)N(Cc1cnc(Cl)cn1)CC1CC1. The molecule has 1 saturated carbocycles. The summed E-state index contributed by atoms with van der Waals surface area (Å²) in [7, 11) is 0. The number of hydrogen-bond acceptors (Lipinski definition) is 3. The zero-order chi connectivity index (χ0) is 11.5. The summed E-state index contributed by atoms with van der Waals surface area (Å²) < 4.78 is 0. The standard InChI is InChI=1S/C12H18ClN3/c1-9(2)16(7-10-3-4-10)8-11-5-15-12(13)6-14-11/h5-6,9-10H,3-4,7-8H2,1-2H3. The lowest BCUT2D eigenvalue weighted by Gasteiger charge is -2.25. The third-order valence-corrected chi connectivity index (χ3v) is 3.15. The number of nitrogens with zero attached hydrogens (tertiary/aromatic N) is 3. The number of hydrogen-bond donors (Lipinski definition) is 0. The fraction of sp³-hybridized carbons (Fsp3) is 0.667. The van der Waals surface area contributed by atoms with Crippen molar-refractivity contribution in [2.45, 2.75) is 39.3 Å². The fourth-order valence-corrected chi connectivity index (χ4v) is 1.82. The number of rotatable bonds is 5. The zero-order valence-corrected chi connectivity index (χ0v) is 10.6. The zero-order valence-electron chi connectivity index (χ0n) is 9.86. The van der Waals surface area contributed by atoms with Gasteiger partial charge in [-0.2, -0.15) is 0 Å². The van der Waals surface area contributed by atoms with Crippen molar-refractivity contribution in [1.82, 2.24) is 14.9 Å². The third kappa shape index (κ3) is 3.42. The first-order valence-electron chi connectivity index (χ1n) is 5.85. The van der Waals surface area contributed by atoms with Crippen LogP contribution in [0.3, 0.4) is 0 Å². The summed E-state index contributed by atoms with van der Waals surface area (Å²) in [5.74, 6) is 0.905. The van der Waals surface area contributed by atoms with E-state index >= 15 is 0 Å². The van der Waals surface area contributed by atoms with Crippen LogP contribution in [0.2, 0.25) is 5.15 Å². The molecule has 0 atom stereocenters. The van der Waals surface area contributed by atoms with E-state index in [2.05, 4.69) is 28.7 Å². The van der Waals surface area contributed by atoms with Crippen LogP contribution in [0.25, 0.3) is 0 Å². The molecule has 4 heteroatoms. The van der Waals surface area contributed by atoms with Gasteiger partial charge in [0.05, 0.1) is 18.1 Å². The normalized spacial score (nSPS) is 16.1. The van der Waals surface area contributed by atoms with Crippen molar-refractivity contribution in [2.75, 3.05) is 6.54 Å². The van der Waals surface area contributed by atoms with Crippen LogP contribution >= 0.6 is 11.6 Å². The molecule has 1 heterocycles. The van der Waals surface area contributed by atoms with E-state index in [4.69, 9.17) is 11.6 Å². The van der Waals surface area contributed by atoms with Gasteiger partial charge in [-0.3, -0.25) is 9.88 Å². The molecule has 1 aromatic heterocycles. The van der Waals surface area contributed by atoms with Crippen molar-refractivity contribution in [2.24, 2.45) is 5.92 Å². The average Bonchev–Trinajstić information content (AvgIpc) is 3.04. The molecule has 0 saturated heterocycles. The lowest BCUT2D eigenvalue weighted by molar-refractivity contribution is 0.201. The Balaban J connectivity index is 1.95. The molecule has 0 aliphatic heterocycles. The van der Waals surface area contributed by atoms with Crippen LogP contribution in [-0.4, -0.2) is 27.5 Å². The molecule has 1 fully saturated rings. The molecule has 3 nitrogen and oxygen atoms in total. The highest BCUT2D eigenvalue weighted by atomic mass is 35.5. The molecule has 0 aromatic carbocycles. The van der Waals surface area contributed by atoms with Crippen molar-refractivity contribution in [3.8, 4) is 0 Å². The van der Waals surface area contributed by atoms with Gasteiger partial charge in [-0.25, -0.2) is 4.98 Å². The van der Waals surface area contributed by atoms with Crippen LogP contribution in [-0.2, 0) is 6.54 Å². The van der Waals surface area contributed by atoms with Crippen LogP contribution in [0.1, 0.15) is 32.4 Å². The molecule has 0 spiro atoms. The molecular formula is C12H18ClN3. The van der Waals surface area contributed by atoms with Crippen LogP contribution in [0.4, 0.5) is 0 Å². The van der Waals surface area contributed by atoms with E-state index in [9.17, 15) is 0 Å². The predicted molar refractivity (Wildman–Crippen MR) is 65.3 cm³/mol. The summed E-state index contributed by atoms with van der Waals surface area (Å²) in [6.07, 6.45) is 6.15. The number of halogens is 1. The third-order valence-electron chi connectivity index (χ3n) is 2.96. The van der Waals surface area contributed by atoms with Gasteiger partial charge in [-0.05, 0) is 32.6 Å². The first kappa shape index (κ1) is 11.8. The Bertz CT molecular complexity index is 333. The maximum absolute atomic E-state index is 5.72. The highest BCUT2D eigenvalue weighted by molar-refractivity contribution is 6.29. The Morgan fingerprint density at radius 3 is 2.62 bits per heavy atom. The van der Waals surface area contributed by atoms with Crippen molar-refractivity contribution >= 4 is 11.6 Å². The van der Waals surface area contributed by atoms with Gasteiger partial charge < -0.3 is 0 Å². The summed E-state index contributed by atoms with van der Waals surface area (Å²) in [5.41, 5.74) is 0.999.